The number of hydrogen-bond acceptors (Lipinski definition) is 2. The molecule has 1 atom stereocenters. The minimum atomic E-state index is 0.163. The lowest BCUT2D eigenvalue weighted by Crippen LogP contribution is -2.40. The van der Waals surface area contributed by atoms with Crippen LogP contribution in [0.1, 0.15) is 54.4 Å². The molecule has 0 fully saturated rings. The molecule has 0 bridgehead atoms. The van der Waals surface area contributed by atoms with E-state index >= 15 is 0 Å². The third-order valence-electron chi connectivity index (χ3n) is 3.61. The van der Waals surface area contributed by atoms with Crippen molar-refractivity contribution in [2.24, 2.45) is 17.8 Å². The van der Waals surface area contributed by atoms with E-state index in [0.717, 1.165) is 11.7 Å². The maximum Gasteiger partial charge on any atom is 0.226 e. The van der Waals surface area contributed by atoms with Crippen LogP contribution in [-0.4, -0.2) is 35.4 Å². The number of amides is 1. The number of carbonyl (C=O) groups is 1. The second-order valence-corrected chi connectivity index (χ2v) is 7.65. The molecule has 0 unspecified atom stereocenters. The Bertz CT molecular complexity index is 251. The SMILES string of the molecule is CC(C)CCCSC[C@H](C(=O)N(C)C(C)C)C(C)C. The van der Waals surface area contributed by atoms with Gasteiger partial charge in [-0.3, -0.25) is 4.79 Å². The Morgan fingerprint density at radius 3 is 2.11 bits per heavy atom. The van der Waals surface area contributed by atoms with Crippen molar-refractivity contribution in [3.05, 3.63) is 0 Å². The number of carbonyl (C=O) groups excluding carboxylic acids is 1. The van der Waals surface area contributed by atoms with Crippen molar-refractivity contribution in [3.8, 4) is 0 Å². The van der Waals surface area contributed by atoms with Crippen molar-refractivity contribution in [3.63, 3.8) is 0 Å². The molecule has 3 heteroatoms. The van der Waals surface area contributed by atoms with E-state index < -0.39 is 0 Å². The quantitative estimate of drug-likeness (QED) is 0.589. The Balaban J connectivity index is 4.16. The van der Waals surface area contributed by atoms with Crippen LogP contribution in [0.2, 0.25) is 0 Å². The van der Waals surface area contributed by atoms with Crippen LogP contribution in [0.5, 0.6) is 0 Å². The molecule has 19 heavy (non-hydrogen) atoms. The standard InChI is InChI=1S/C16H33NOS/c1-12(2)9-8-10-19-11-15(13(3)4)16(18)17(7)14(5)6/h12-15H,8-11H2,1-7H3/t15-/m0/s1. The lowest BCUT2D eigenvalue weighted by molar-refractivity contribution is -0.136. The van der Waals surface area contributed by atoms with E-state index in [2.05, 4.69) is 41.5 Å². The fourth-order valence-corrected chi connectivity index (χ4v) is 3.19. The Labute approximate surface area is 124 Å². The minimum Gasteiger partial charge on any atom is -0.343 e. The smallest absolute Gasteiger partial charge is 0.226 e. The average molecular weight is 288 g/mol. The first-order valence-electron chi connectivity index (χ1n) is 7.61. The van der Waals surface area contributed by atoms with Crippen molar-refractivity contribution < 1.29 is 4.79 Å². The third-order valence-corrected chi connectivity index (χ3v) is 4.78. The van der Waals surface area contributed by atoms with Crippen LogP contribution in [0, 0.1) is 17.8 Å². The van der Waals surface area contributed by atoms with E-state index in [9.17, 15) is 4.79 Å². The van der Waals surface area contributed by atoms with Crippen molar-refractivity contribution in [1.29, 1.82) is 0 Å². The Kier molecular flexibility index (Phi) is 9.59. The molecule has 114 valence electrons. The van der Waals surface area contributed by atoms with Gasteiger partial charge in [-0.15, -0.1) is 0 Å². The van der Waals surface area contributed by atoms with E-state index in [1.54, 1.807) is 0 Å². The summed E-state index contributed by atoms with van der Waals surface area (Å²) in [5.74, 6) is 3.82. The summed E-state index contributed by atoms with van der Waals surface area (Å²) in [6, 6.07) is 0.291. The van der Waals surface area contributed by atoms with Crippen LogP contribution < -0.4 is 0 Å². The molecule has 0 aliphatic carbocycles. The van der Waals surface area contributed by atoms with Gasteiger partial charge < -0.3 is 4.90 Å². The van der Waals surface area contributed by atoms with E-state index in [0.29, 0.717) is 17.9 Å². The molecule has 0 rings (SSSR count). The molecule has 0 radical (unpaired) electrons. The fourth-order valence-electron chi connectivity index (χ4n) is 1.87. The van der Waals surface area contributed by atoms with Gasteiger partial charge >= 0.3 is 0 Å². The van der Waals surface area contributed by atoms with Crippen LogP contribution >= 0.6 is 11.8 Å². The first-order valence-corrected chi connectivity index (χ1v) is 8.77. The molecule has 2 nitrogen and oxygen atoms in total. The van der Waals surface area contributed by atoms with Gasteiger partial charge in [-0.25, -0.2) is 0 Å². The number of thioether (sulfide) groups is 1. The van der Waals surface area contributed by atoms with E-state index in [-0.39, 0.29) is 5.92 Å². The summed E-state index contributed by atoms with van der Waals surface area (Å²) in [7, 11) is 1.92. The van der Waals surface area contributed by atoms with Gasteiger partial charge in [0.2, 0.25) is 5.91 Å². The van der Waals surface area contributed by atoms with Gasteiger partial charge in [-0.05, 0) is 37.9 Å². The molecule has 0 saturated heterocycles. The second kappa shape index (κ2) is 9.68. The Hall–Kier alpha value is -0.180. The molecule has 0 aliphatic heterocycles. The van der Waals surface area contributed by atoms with E-state index in [1.165, 1.54) is 18.6 Å². The number of rotatable bonds is 9. The van der Waals surface area contributed by atoms with Gasteiger partial charge in [0.25, 0.3) is 0 Å². The molecule has 0 N–H and O–H groups in total. The van der Waals surface area contributed by atoms with Crippen molar-refractivity contribution in [2.45, 2.75) is 60.4 Å². The molecule has 0 spiro atoms. The summed E-state index contributed by atoms with van der Waals surface area (Å²) in [5.41, 5.74) is 0. The molecule has 0 aromatic rings. The maximum atomic E-state index is 12.4. The van der Waals surface area contributed by atoms with Gasteiger partial charge in [0.05, 0.1) is 0 Å². The highest BCUT2D eigenvalue weighted by atomic mass is 32.2. The van der Waals surface area contributed by atoms with Crippen LogP contribution in [0.15, 0.2) is 0 Å². The normalized spacial score (nSPS) is 13.4. The van der Waals surface area contributed by atoms with Crippen LogP contribution in [0.25, 0.3) is 0 Å². The summed E-state index contributed by atoms with van der Waals surface area (Å²) in [6.45, 7) is 13.0. The van der Waals surface area contributed by atoms with Gasteiger partial charge in [0.1, 0.15) is 0 Å². The molecule has 0 heterocycles. The summed E-state index contributed by atoms with van der Waals surface area (Å²) in [6.07, 6.45) is 2.56. The molecule has 0 aliphatic rings. The molecule has 1 amide bonds. The first kappa shape index (κ1) is 18.8. The topological polar surface area (TPSA) is 20.3 Å². The monoisotopic (exact) mass is 287 g/mol. The van der Waals surface area contributed by atoms with Gasteiger partial charge in [0.15, 0.2) is 0 Å². The molecular formula is C16H33NOS. The molecule has 0 aromatic heterocycles. The van der Waals surface area contributed by atoms with E-state index in [1.807, 2.05) is 23.7 Å². The highest BCUT2D eigenvalue weighted by Gasteiger charge is 2.26. The van der Waals surface area contributed by atoms with E-state index in [4.69, 9.17) is 0 Å². The summed E-state index contributed by atoms with van der Waals surface area (Å²) < 4.78 is 0. The summed E-state index contributed by atoms with van der Waals surface area (Å²) in [5, 5.41) is 0. The average Bonchev–Trinajstić information content (AvgIpc) is 2.30. The maximum absolute atomic E-state index is 12.4. The van der Waals surface area contributed by atoms with Crippen molar-refractivity contribution >= 4 is 17.7 Å². The van der Waals surface area contributed by atoms with Gasteiger partial charge in [-0.2, -0.15) is 11.8 Å². The molecule has 0 saturated carbocycles. The largest absolute Gasteiger partial charge is 0.343 e. The van der Waals surface area contributed by atoms with Crippen LogP contribution in [0.4, 0.5) is 0 Å². The lowest BCUT2D eigenvalue weighted by Gasteiger charge is -2.28. The fraction of sp³-hybridized carbons (Fsp3) is 0.938. The Morgan fingerprint density at radius 1 is 1.11 bits per heavy atom. The summed E-state index contributed by atoms with van der Waals surface area (Å²) in [4.78, 5) is 14.3. The second-order valence-electron chi connectivity index (χ2n) is 6.50. The van der Waals surface area contributed by atoms with Crippen molar-refractivity contribution in [1.82, 2.24) is 4.90 Å². The van der Waals surface area contributed by atoms with Gasteiger partial charge in [0, 0.05) is 24.8 Å². The van der Waals surface area contributed by atoms with Crippen LogP contribution in [-0.2, 0) is 4.79 Å². The first-order chi connectivity index (χ1) is 8.77. The zero-order valence-corrected chi connectivity index (χ0v) is 14.7. The predicted octanol–water partition coefficient (Wildman–Crippen LogP) is 4.29. The minimum absolute atomic E-state index is 0.163. The highest BCUT2D eigenvalue weighted by molar-refractivity contribution is 7.99. The predicted molar refractivity (Wildman–Crippen MR) is 87.6 cm³/mol. The Morgan fingerprint density at radius 2 is 1.68 bits per heavy atom. The highest BCUT2D eigenvalue weighted by Crippen LogP contribution is 2.21. The van der Waals surface area contributed by atoms with Crippen LogP contribution in [0.3, 0.4) is 0 Å². The molecular weight excluding hydrogens is 254 g/mol. The number of hydrogen-bond donors (Lipinski definition) is 0. The van der Waals surface area contributed by atoms with Gasteiger partial charge in [-0.1, -0.05) is 34.1 Å². The van der Waals surface area contributed by atoms with Crippen molar-refractivity contribution in [2.75, 3.05) is 18.6 Å². The number of nitrogens with zero attached hydrogens (tertiary/aromatic N) is 1. The zero-order valence-electron chi connectivity index (χ0n) is 13.9. The zero-order chi connectivity index (χ0) is 15.0. The summed E-state index contributed by atoms with van der Waals surface area (Å²) >= 11 is 1.94. The third kappa shape index (κ3) is 7.86. The lowest BCUT2D eigenvalue weighted by atomic mass is 9.96. The molecule has 0 aromatic carbocycles.